The van der Waals surface area contributed by atoms with Crippen LogP contribution >= 0.6 is 23.4 Å². The quantitative estimate of drug-likeness (QED) is 0.575. The minimum Gasteiger partial charge on any atom is -0.351 e. The highest BCUT2D eigenvalue weighted by molar-refractivity contribution is 8.00. The van der Waals surface area contributed by atoms with E-state index in [1.54, 1.807) is 11.8 Å². The molecule has 1 saturated heterocycles. The fourth-order valence-corrected chi connectivity index (χ4v) is 4.62. The maximum absolute atomic E-state index is 12.7. The number of carbonyl (C=O) groups excluding carboxylic acids is 1. The molecule has 2 aromatic rings. The number of thioether (sulfide) groups is 1. The van der Waals surface area contributed by atoms with Crippen LogP contribution in [0.25, 0.3) is 0 Å². The van der Waals surface area contributed by atoms with Crippen molar-refractivity contribution in [2.75, 3.05) is 13.1 Å². The molecular formula is C23H29ClN2OS. The van der Waals surface area contributed by atoms with Crippen molar-refractivity contribution in [2.45, 2.75) is 55.8 Å². The van der Waals surface area contributed by atoms with Gasteiger partial charge in [0.25, 0.3) is 0 Å². The SMILES string of the molecule is CC[C@@H](Sc1ccc(Cl)cc1)C(=O)NCc1cccc(CN2CCCCC2)c1. The van der Waals surface area contributed by atoms with Crippen LogP contribution in [0.2, 0.25) is 5.02 Å². The molecule has 0 spiro atoms. The molecule has 3 nitrogen and oxygen atoms in total. The van der Waals surface area contributed by atoms with Crippen molar-refractivity contribution < 1.29 is 4.79 Å². The molecule has 3 rings (SSSR count). The Kier molecular flexibility index (Phi) is 8.26. The largest absolute Gasteiger partial charge is 0.351 e. The van der Waals surface area contributed by atoms with Gasteiger partial charge in [0.1, 0.15) is 0 Å². The second kappa shape index (κ2) is 10.9. The minimum absolute atomic E-state index is 0.0869. The van der Waals surface area contributed by atoms with Gasteiger partial charge in [-0.1, -0.05) is 49.2 Å². The molecule has 1 N–H and O–H groups in total. The summed E-state index contributed by atoms with van der Waals surface area (Å²) in [6.45, 7) is 6.02. The summed E-state index contributed by atoms with van der Waals surface area (Å²) in [5.74, 6) is 0.0869. The lowest BCUT2D eigenvalue weighted by Crippen LogP contribution is -2.32. The van der Waals surface area contributed by atoms with Gasteiger partial charge in [-0.25, -0.2) is 0 Å². The zero-order valence-corrected chi connectivity index (χ0v) is 18.1. The first-order chi connectivity index (χ1) is 13.6. The van der Waals surface area contributed by atoms with Gasteiger partial charge in [-0.2, -0.15) is 0 Å². The van der Waals surface area contributed by atoms with Gasteiger partial charge in [0.2, 0.25) is 5.91 Å². The summed E-state index contributed by atoms with van der Waals surface area (Å²) in [5, 5.41) is 3.73. The van der Waals surface area contributed by atoms with Crippen molar-refractivity contribution in [1.82, 2.24) is 10.2 Å². The van der Waals surface area contributed by atoms with Crippen molar-refractivity contribution in [3.8, 4) is 0 Å². The Morgan fingerprint density at radius 2 is 1.82 bits per heavy atom. The average molecular weight is 417 g/mol. The third kappa shape index (κ3) is 6.54. The number of hydrogen-bond acceptors (Lipinski definition) is 3. The first-order valence-corrected chi connectivity index (χ1v) is 11.4. The summed E-state index contributed by atoms with van der Waals surface area (Å²) in [6.07, 6.45) is 4.75. The molecule has 1 fully saturated rings. The molecule has 0 radical (unpaired) electrons. The van der Waals surface area contributed by atoms with Crippen LogP contribution in [0.4, 0.5) is 0 Å². The van der Waals surface area contributed by atoms with Crippen LogP contribution in [0, 0.1) is 0 Å². The highest BCUT2D eigenvalue weighted by atomic mass is 35.5. The van der Waals surface area contributed by atoms with Crippen LogP contribution in [0.1, 0.15) is 43.7 Å². The third-order valence-corrected chi connectivity index (χ3v) is 6.70. The van der Waals surface area contributed by atoms with E-state index in [1.807, 2.05) is 31.2 Å². The summed E-state index contributed by atoms with van der Waals surface area (Å²) in [4.78, 5) is 16.2. The lowest BCUT2D eigenvalue weighted by molar-refractivity contribution is -0.120. The smallest absolute Gasteiger partial charge is 0.233 e. The summed E-state index contributed by atoms with van der Waals surface area (Å²) in [6, 6.07) is 16.3. The Hall–Kier alpha value is -1.49. The van der Waals surface area contributed by atoms with Gasteiger partial charge < -0.3 is 5.32 Å². The van der Waals surface area contributed by atoms with Crippen molar-refractivity contribution in [1.29, 1.82) is 0 Å². The van der Waals surface area contributed by atoms with E-state index in [4.69, 9.17) is 11.6 Å². The molecule has 1 heterocycles. The van der Waals surface area contributed by atoms with E-state index in [2.05, 4.69) is 34.5 Å². The Morgan fingerprint density at radius 1 is 1.11 bits per heavy atom. The fraction of sp³-hybridized carbons (Fsp3) is 0.435. The number of amides is 1. The molecule has 0 aliphatic carbocycles. The molecular weight excluding hydrogens is 388 g/mol. The van der Waals surface area contributed by atoms with Gasteiger partial charge >= 0.3 is 0 Å². The Balaban J connectivity index is 1.52. The summed E-state index contributed by atoms with van der Waals surface area (Å²) in [7, 11) is 0. The number of benzene rings is 2. The molecule has 0 aromatic heterocycles. The third-order valence-electron chi connectivity index (χ3n) is 5.07. The topological polar surface area (TPSA) is 32.3 Å². The fourth-order valence-electron chi connectivity index (χ4n) is 3.52. The molecule has 1 atom stereocenters. The normalized spacial score (nSPS) is 15.9. The molecule has 1 amide bonds. The predicted octanol–water partition coefficient (Wildman–Crippen LogP) is 5.51. The molecule has 2 aromatic carbocycles. The van der Waals surface area contributed by atoms with Crippen molar-refractivity contribution in [3.63, 3.8) is 0 Å². The molecule has 1 aliphatic heterocycles. The zero-order valence-electron chi connectivity index (χ0n) is 16.5. The number of likely N-dealkylation sites (tertiary alicyclic amines) is 1. The average Bonchev–Trinajstić information content (AvgIpc) is 2.72. The Labute approximate surface area is 177 Å². The van der Waals surface area contributed by atoms with E-state index >= 15 is 0 Å². The standard InChI is InChI=1S/C23H29ClN2OS/c1-2-22(28-21-11-9-20(24)10-12-21)23(27)25-16-18-7-6-8-19(15-18)17-26-13-4-3-5-14-26/h6-12,15,22H,2-5,13-14,16-17H2,1H3,(H,25,27)/t22-/m1/s1. The Bertz CT molecular complexity index is 759. The van der Waals surface area contributed by atoms with Crippen LogP contribution in [0.5, 0.6) is 0 Å². The number of rotatable bonds is 8. The minimum atomic E-state index is -0.0993. The maximum atomic E-state index is 12.7. The molecule has 0 saturated carbocycles. The number of hydrogen-bond donors (Lipinski definition) is 1. The molecule has 28 heavy (non-hydrogen) atoms. The van der Waals surface area contributed by atoms with E-state index in [-0.39, 0.29) is 11.2 Å². The molecule has 150 valence electrons. The highest BCUT2D eigenvalue weighted by Gasteiger charge is 2.18. The molecule has 0 bridgehead atoms. The molecule has 5 heteroatoms. The van der Waals surface area contributed by atoms with Gasteiger partial charge in [-0.05, 0) is 67.7 Å². The predicted molar refractivity (Wildman–Crippen MR) is 119 cm³/mol. The first kappa shape index (κ1) is 21.2. The second-order valence-electron chi connectivity index (χ2n) is 7.34. The zero-order chi connectivity index (χ0) is 19.8. The van der Waals surface area contributed by atoms with Gasteiger partial charge in [0, 0.05) is 23.0 Å². The van der Waals surface area contributed by atoms with Gasteiger partial charge in [-0.3, -0.25) is 9.69 Å². The van der Waals surface area contributed by atoms with Gasteiger partial charge in [0.05, 0.1) is 5.25 Å². The second-order valence-corrected chi connectivity index (χ2v) is 9.06. The lowest BCUT2D eigenvalue weighted by atomic mass is 10.1. The van der Waals surface area contributed by atoms with Crippen molar-refractivity contribution >= 4 is 29.3 Å². The molecule has 0 unspecified atom stereocenters. The number of piperidine rings is 1. The maximum Gasteiger partial charge on any atom is 0.233 e. The monoisotopic (exact) mass is 416 g/mol. The highest BCUT2D eigenvalue weighted by Crippen LogP contribution is 2.27. The van der Waals surface area contributed by atoms with Crippen molar-refractivity contribution in [2.24, 2.45) is 0 Å². The lowest BCUT2D eigenvalue weighted by Gasteiger charge is -2.26. The van der Waals surface area contributed by atoms with E-state index in [0.29, 0.717) is 11.6 Å². The number of nitrogens with zero attached hydrogens (tertiary/aromatic N) is 1. The van der Waals surface area contributed by atoms with Crippen LogP contribution in [-0.4, -0.2) is 29.1 Å². The summed E-state index contributed by atoms with van der Waals surface area (Å²) >= 11 is 7.53. The van der Waals surface area contributed by atoms with Crippen LogP contribution < -0.4 is 5.32 Å². The van der Waals surface area contributed by atoms with Crippen molar-refractivity contribution in [3.05, 3.63) is 64.7 Å². The summed E-state index contributed by atoms with van der Waals surface area (Å²) in [5.41, 5.74) is 2.49. The van der Waals surface area contributed by atoms with Crippen LogP contribution in [0.15, 0.2) is 53.4 Å². The van der Waals surface area contributed by atoms with E-state index in [1.165, 1.54) is 37.9 Å². The van der Waals surface area contributed by atoms with Gasteiger partial charge in [0.15, 0.2) is 0 Å². The van der Waals surface area contributed by atoms with Crippen LogP contribution in [0.3, 0.4) is 0 Å². The van der Waals surface area contributed by atoms with E-state index in [0.717, 1.165) is 23.4 Å². The summed E-state index contributed by atoms with van der Waals surface area (Å²) < 4.78 is 0. The number of halogens is 1. The Morgan fingerprint density at radius 3 is 2.54 bits per heavy atom. The van der Waals surface area contributed by atoms with Crippen LogP contribution in [-0.2, 0) is 17.9 Å². The van der Waals surface area contributed by atoms with Gasteiger partial charge in [-0.15, -0.1) is 11.8 Å². The van der Waals surface area contributed by atoms with E-state index in [9.17, 15) is 4.79 Å². The number of carbonyl (C=O) groups is 1. The first-order valence-electron chi connectivity index (χ1n) is 10.1. The van der Waals surface area contributed by atoms with E-state index < -0.39 is 0 Å². The number of nitrogens with one attached hydrogen (secondary N) is 1. The molecule has 1 aliphatic rings.